The summed E-state index contributed by atoms with van der Waals surface area (Å²) in [5, 5.41) is 55.7. The predicted octanol–water partition coefficient (Wildman–Crippen LogP) is -5.06. The Hall–Kier alpha value is -2.69. The molecule has 7 unspecified atom stereocenters. The van der Waals surface area contributed by atoms with Crippen molar-refractivity contribution >= 4 is 17.7 Å². The number of carbonyl (C=O) groups excluding carboxylic acids is 3. The molecule has 1 aromatic carbocycles. The van der Waals surface area contributed by atoms with Crippen LogP contribution >= 0.6 is 0 Å². The molecule has 1 aromatic rings. The fourth-order valence-corrected chi connectivity index (χ4v) is 6.56. The fraction of sp³-hybridized carbons (Fsp3) is 0.700. The lowest BCUT2D eigenvalue weighted by Gasteiger charge is -2.48. The highest BCUT2D eigenvalue weighted by molar-refractivity contribution is 6.21. The molecule has 48 heavy (non-hydrogen) atoms. The van der Waals surface area contributed by atoms with Crippen LogP contribution in [0.1, 0.15) is 46.4 Å². The van der Waals surface area contributed by atoms with E-state index in [4.69, 9.17) is 41.9 Å². The van der Waals surface area contributed by atoms with Gasteiger partial charge >= 0.3 is 0 Å². The van der Waals surface area contributed by atoms with Crippen molar-refractivity contribution in [3.63, 3.8) is 0 Å². The quantitative estimate of drug-likeness (QED) is 0.0976. The zero-order valence-corrected chi connectivity index (χ0v) is 26.2. The van der Waals surface area contributed by atoms with Crippen LogP contribution in [0.5, 0.6) is 0 Å². The van der Waals surface area contributed by atoms with Crippen LogP contribution in [-0.4, -0.2) is 153 Å². The van der Waals surface area contributed by atoms with Crippen molar-refractivity contribution in [1.29, 1.82) is 0 Å². The van der Waals surface area contributed by atoms with Gasteiger partial charge in [0.1, 0.15) is 42.7 Å². The minimum Gasteiger partial charge on any atom is -0.394 e. The Morgan fingerprint density at radius 2 is 1.58 bits per heavy atom. The SMILES string of the molecule is NCC1CC[C@H](N)[C@@H](OC2C(N)C[C@@H](NC(=O)C(O)CCN3C(=O)c4ccccc4C3=O)C(O[C@@H]3OC(CO)[C@@H](O)C(N)[C@@H]3O)[C@H]2O)O1. The Morgan fingerprint density at radius 1 is 0.938 bits per heavy atom. The molecule has 3 amide bonds. The number of rotatable bonds is 11. The summed E-state index contributed by atoms with van der Waals surface area (Å²) in [6.45, 7) is -0.695. The number of imide groups is 1. The molecular weight excluding hydrogens is 636 g/mol. The highest BCUT2D eigenvalue weighted by atomic mass is 16.7. The van der Waals surface area contributed by atoms with Gasteiger partial charge in [-0.2, -0.15) is 0 Å². The largest absolute Gasteiger partial charge is 0.394 e. The second-order valence-electron chi connectivity index (χ2n) is 12.7. The van der Waals surface area contributed by atoms with E-state index in [1.54, 1.807) is 12.1 Å². The van der Waals surface area contributed by atoms with Gasteiger partial charge in [0.15, 0.2) is 12.6 Å². The molecule has 268 valence electrons. The van der Waals surface area contributed by atoms with Crippen molar-refractivity contribution in [1.82, 2.24) is 10.2 Å². The van der Waals surface area contributed by atoms with E-state index in [2.05, 4.69) is 5.32 Å². The lowest BCUT2D eigenvalue weighted by atomic mass is 9.83. The maximum Gasteiger partial charge on any atom is 0.261 e. The summed E-state index contributed by atoms with van der Waals surface area (Å²) in [7, 11) is 0. The highest BCUT2D eigenvalue weighted by Gasteiger charge is 2.51. The molecule has 0 bridgehead atoms. The minimum absolute atomic E-state index is 0.0769. The van der Waals surface area contributed by atoms with Crippen molar-refractivity contribution in [2.75, 3.05) is 19.7 Å². The van der Waals surface area contributed by atoms with Gasteiger partial charge in [-0.15, -0.1) is 0 Å². The Labute approximate surface area is 276 Å². The number of nitrogens with zero attached hydrogens (tertiary/aromatic N) is 1. The van der Waals surface area contributed by atoms with Gasteiger partial charge < -0.3 is 72.7 Å². The van der Waals surface area contributed by atoms with Crippen LogP contribution in [0.15, 0.2) is 24.3 Å². The van der Waals surface area contributed by atoms with E-state index < -0.39 is 104 Å². The second kappa shape index (κ2) is 15.5. The number of benzene rings is 1. The van der Waals surface area contributed by atoms with Crippen molar-refractivity contribution in [2.24, 2.45) is 22.9 Å². The lowest BCUT2D eigenvalue weighted by molar-refractivity contribution is -0.314. The van der Waals surface area contributed by atoms with E-state index in [1.807, 2.05) is 0 Å². The first kappa shape index (κ1) is 36.6. The standard InChI is InChI=1S/C30H46N6O12/c31-10-12-5-6-15(32)29(45-12)47-24-16(33)9-17(25(23(24)41)48-30-22(40)20(34)21(39)19(11-37)46-30)35-26(42)18(38)7-8-36-27(43)13-3-1-2-4-14(13)28(36)44/h1-4,12,15-25,29-30,37-41H,5-11,31-34H2,(H,35,42)/t12?,15-,16?,17+,18?,19?,20?,21+,22-,23-,24?,25?,29+,30-/m0/s1. The zero-order chi connectivity index (χ0) is 34.9. The number of aliphatic hydroxyl groups excluding tert-OH is 5. The lowest BCUT2D eigenvalue weighted by Crippen LogP contribution is -2.69. The van der Waals surface area contributed by atoms with Gasteiger partial charge in [-0.3, -0.25) is 19.3 Å². The van der Waals surface area contributed by atoms with E-state index in [1.165, 1.54) is 12.1 Å². The van der Waals surface area contributed by atoms with Crippen LogP contribution in [0.3, 0.4) is 0 Å². The van der Waals surface area contributed by atoms with Crippen molar-refractivity contribution in [3.05, 3.63) is 35.4 Å². The third kappa shape index (κ3) is 7.41. The molecule has 0 aromatic heterocycles. The summed E-state index contributed by atoms with van der Waals surface area (Å²) in [4.78, 5) is 39.6. The summed E-state index contributed by atoms with van der Waals surface area (Å²) < 4.78 is 23.5. The van der Waals surface area contributed by atoms with Crippen LogP contribution in [0.4, 0.5) is 0 Å². The van der Waals surface area contributed by atoms with Crippen LogP contribution in [0.25, 0.3) is 0 Å². The average Bonchev–Trinajstić information content (AvgIpc) is 3.32. The average molecular weight is 683 g/mol. The van der Waals surface area contributed by atoms with E-state index in [-0.39, 0.29) is 43.2 Å². The molecule has 3 heterocycles. The zero-order valence-electron chi connectivity index (χ0n) is 26.2. The highest BCUT2D eigenvalue weighted by Crippen LogP contribution is 2.32. The van der Waals surface area contributed by atoms with Crippen LogP contribution in [-0.2, 0) is 23.7 Å². The van der Waals surface area contributed by atoms with Gasteiger partial charge in [-0.25, -0.2) is 0 Å². The molecule has 4 aliphatic rings. The summed E-state index contributed by atoms with van der Waals surface area (Å²) in [5.41, 5.74) is 24.8. The van der Waals surface area contributed by atoms with E-state index in [0.29, 0.717) is 12.8 Å². The maximum atomic E-state index is 13.2. The van der Waals surface area contributed by atoms with Crippen molar-refractivity contribution in [3.8, 4) is 0 Å². The third-order valence-electron chi connectivity index (χ3n) is 9.43. The van der Waals surface area contributed by atoms with Gasteiger partial charge in [-0.05, 0) is 31.4 Å². The van der Waals surface area contributed by atoms with Crippen molar-refractivity contribution in [2.45, 2.75) is 111 Å². The molecule has 18 nitrogen and oxygen atoms in total. The number of amides is 3. The van der Waals surface area contributed by atoms with E-state index in [0.717, 1.165) is 4.90 Å². The van der Waals surface area contributed by atoms with Gasteiger partial charge in [0.05, 0.1) is 42.0 Å². The first-order valence-electron chi connectivity index (χ1n) is 16.0. The summed E-state index contributed by atoms with van der Waals surface area (Å²) in [5.74, 6) is -2.00. The molecule has 3 aliphatic heterocycles. The molecule has 0 spiro atoms. The van der Waals surface area contributed by atoms with Crippen LogP contribution in [0, 0.1) is 0 Å². The van der Waals surface area contributed by atoms with Gasteiger partial charge in [-0.1, -0.05) is 12.1 Å². The van der Waals surface area contributed by atoms with Crippen LogP contribution in [0.2, 0.25) is 0 Å². The number of hydrogen-bond donors (Lipinski definition) is 10. The Morgan fingerprint density at radius 3 is 2.21 bits per heavy atom. The Balaban J connectivity index is 1.30. The van der Waals surface area contributed by atoms with Gasteiger partial charge in [0, 0.05) is 25.6 Å². The summed E-state index contributed by atoms with van der Waals surface area (Å²) in [6.07, 6.45) is -12.3. The Kier molecular flexibility index (Phi) is 11.8. The number of nitrogens with two attached hydrogens (primary N) is 4. The van der Waals surface area contributed by atoms with Gasteiger partial charge in [0.2, 0.25) is 5.91 Å². The molecule has 2 saturated heterocycles. The molecule has 3 fully saturated rings. The molecule has 5 rings (SSSR count). The topological polar surface area (TPSA) is 309 Å². The van der Waals surface area contributed by atoms with Crippen molar-refractivity contribution < 1.29 is 58.9 Å². The smallest absolute Gasteiger partial charge is 0.261 e. The third-order valence-corrected chi connectivity index (χ3v) is 9.43. The number of fused-ring (bicyclic) bond motifs is 1. The maximum absolute atomic E-state index is 13.2. The molecule has 14 atom stereocenters. The predicted molar refractivity (Wildman–Crippen MR) is 163 cm³/mol. The number of nitrogens with one attached hydrogen (secondary N) is 1. The second-order valence-corrected chi connectivity index (χ2v) is 12.7. The molecule has 14 N–H and O–H groups in total. The monoisotopic (exact) mass is 682 g/mol. The Bertz CT molecular complexity index is 1270. The molecular formula is C30H46N6O12. The normalized spacial score (nSPS) is 39.3. The first-order valence-corrected chi connectivity index (χ1v) is 16.0. The minimum atomic E-state index is -1.70. The van der Waals surface area contributed by atoms with Gasteiger partial charge in [0.25, 0.3) is 11.8 Å². The fourth-order valence-electron chi connectivity index (χ4n) is 6.56. The number of aliphatic hydroxyl groups is 5. The molecule has 1 saturated carbocycles. The summed E-state index contributed by atoms with van der Waals surface area (Å²) in [6, 6.07) is 2.38. The number of carbonyl (C=O) groups is 3. The number of ether oxygens (including phenoxy) is 4. The van der Waals surface area contributed by atoms with Crippen LogP contribution < -0.4 is 28.3 Å². The summed E-state index contributed by atoms with van der Waals surface area (Å²) >= 11 is 0. The molecule has 18 heteroatoms. The van der Waals surface area contributed by atoms with E-state index in [9.17, 15) is 39.9 Å². The first-order chi connectivity index (χ1) is 22.9. The molecule has 0 radical (unpaired) electrons. The van der Waals surface area contributed by atoms with E-state index >= 15 is 0 Å². The molecule has 1 aliphatic carbocycles. The number of hydrogen-bond acceptors (Lipinski definition) is 16.